The Morgan fingerprint density at radius 1 is 0.920 bits per heavy atom. The van der Waals surface area contributed by atoms with Crippen molar-refractivity contribution < 1.29 is 14.0 Å². The van der Waals surface area contributed by atoms with Gasteiger partial charge in [-0.2, -0.15) is 0 Å². The Morgan fingerprint density at radius 2 is 1.76 bits per heavy atom. The molecule has 1 aliphatic carbocycles. The molecule has 3 atom stereocenters. The second-order valence-electron chi connectivity index (χ2n) is 7.95. The highest BCUT2D eigenvalue weighted by Gasteiger charge is 2.37. The van der Waals surface area contributed by atoms with Crippen molar-refractivity contribution in [1.29, 1.82) is 0 Å². The summed E-state index contributed by atoms with van der Waals surface area (Å²) in [6, 6.07) is 3.43. The molecule has 2 saturated heterocycles. The first-order valence-corrected chi connectivity index (χ1v) is 9.84. The number of hydrogen-bond acceptors (Lipinski definition) is 3. The fraction of sp³-hybridized carbons (Fsp3) is 0.700. The van der Waals surface area contributed by atoms with Crippen LogP contribution >= 0.6 is 0 Å². The van der Waals surface area contributed by atoms with E-state index in [1.807, 2.05) is 0 Å². The maximum atomic E-state index is 13.0. The summed E-state index contributed by atoms with van der Waals surface area (Å²) in [7, 11) is 0. The van der Waals surface area contributed by atoms with E-state index in [9.17, 15) is 9.59 Å². The third-order valence-electron chi connectivity index (χ3n) is 6.39. The van der Waals surface area contributed by atoms with Gasteiger partial charge in [0.25, 0.3) is 5.91 Å². The lowest BCUT2D eigenvalue weighted by Crippen LogP contribution is -2.50. The van der Waals surface area contributed by atoms with Crippen LogP contribution in [0.4, 0.5) is 0 Å². The molecule has 3 heterocycles. The number of rotatable bonds is 2. The van der Waals surface area contributed by atoms with Gasteiger partial charge >= 0.3 is 0 Å². The Kier molecular flexibility index (Phi) is 4.82. The highest BCUT2D eigenvalue weighted by atomic mass is 16.3. The molecule has 0 spiro atoms. The van der Waals surface area contributed by atoms with Gasteiger partial charge in [0.1, 0.15) is 0 Å². The zero-order chi connectivity index (χ0) is 17.2. The van der Waals surface area contributed by atoms with Crippen molar-refractivity contribution in [1.82, 2.24) is 9.80 Å². The third-order valence-corrected chi connectivity index (χ3v) is 6.39. The van der Waals surface area contributed by atoms with Crippen molar-refractivity contribution in [3.63, 3.8) is 0 Å². The molecule has 3 unspecified atom stereocenters. The van der Waals surface area contributed by atoms with Crippen molar-refractivity contribution in [3.8, 4) is 0 Å². The zero-order valence-electron chi connectivity index (χ0n) is 14.9. The predicted molar refractivity (Wildman–Crippen MR) is 94.0 cm³/mol. The Hall–Kier alpha value is -1.78. The molecular weight excluding hydrogens is 316 g/mol. The van der Waals surface area contributed by atoms with E-state index in [2.05, 4.69) is 4.90 Å². The van der Waals surface area contributed by atoms with Gasteiger partial charge in [0.05, 0.1) is 12.2 Å². The quantitative estimate of drug-likeness (QED) is 0.828. The van der Waals surface area contributed by atoms with Gasteiger partial charge in [-0.15, -0.1) is 0 Å². The van der Waals surface area contributed by atoms with Crippen LogP contribution in [0.5, 0.6) is 0 Å². The lowest BCUT2D eigenvalue weighted by Gasteiger charge is -2.43. The summed E-state index contributed by atoms with van der Waals surface area (Å²) in [4.78, 5) is 29.4. The average Bonchev–Trinajstić information content (AvgIpc) is 3.21. The number of furan rings is 1. The lowest BCUT2D eigenvalue weighted by atomic mass is 9.75. The standard InChI is InChI=1S/C20H28N2O3/c23-19(22-11-9-15-5-1-2-6-16(15)13-22)17-7-3-10-21(14-17)20(24)18-8-4-12-25-18/h4,8,12,15-17H,1-3,5-7,9-11,13-14H2. The topological polar surface area (TPSA) is 53.8 Å². The summed E-state index contributed by atoms with van der Waals surface area (Å²) in [5, 5.41) is 0. The van der Waals surface area contributed by atoms with Crippen LogP contribution in [0.2, 0.25) is 0 Å². The predicted octanol–water partition coefficient (Wildman–Crippen LogP) is 3.17. The number of piperidine rings is 2. The smallest absolute Gasteiger partial charge is 0.289 e. The third kappa shape index (κ3) is 3.46. The van der Waals surface area contributed by atoms with Crippen LogP contribution in [-0.2, 0) is 4.79 Å². The van der Waals surface area contributed by atoms with Gasteiger partial charge in [-0.05, 0) is 49.7 Å². The van der Waals surface area contributed by atoms with Crippen molar-refractivity contribution in [2.45, 2.75) is 44.9 Å². The Morgan fingerprint density at radius 3 is 2.56 bits per heavy atom. The second kappa shape index (κ2) is 7.22. The fourth-order valence-corrected chi connectivity index (χ4v) is 4.98. The molecule has 1 aromatic rings. The van der Waals surface area contributed by atoms with Gasteiger partial charge in [0.15, 0.2) is 5.76 Å². The van der Waals surface area contributed by atoms with E-state index in [0.29, 0.717) is 24.8 Å². The number of likely N-dealkylation sites (tertiary alicyclic amines) is 2. The molecule has 5 nitrogen and oxygen atoms in total. The molecule has 0 aromatic carbocycles. The van der Waals surface area contributed by atoms with Crippen LogP contribution in [0.25, 0.3) is 0 Å². The summed E-state index contributed by atoms with van der Waals surface area (Å²) in [6.45, 7) is 3.09. The summed E-state index contributed by atoms with van der Waals surface area (Å²) >= 11 is 0. The van der Waals surface area contributed by atoms with Crippen LogP contribution in [0, 0.1) is 17.8 Å². The monoisotopic (exact) mass is 344 g/mol. The van der Waals surface area contributed by atoms with Crippen molar-refractivity contribution >= 4 is 11.8 Å². The molecule has 0 N–H and O–H groups in total. The van der Waals surface area contributed by atoms with E-state index >= 15 is 0 Å². The first-order valence-electron chi connectivity index (χ1n) is 9.84. The molecule has 1 aromatic heterocycles. The minimum Gasteiger partial charge on any atom is -0.459 e. The van der Waals surface area contributed by atoms with Crippen molar-refractivity contribution in [2.75, 3.05) is 26.2 Å². The largest absolute Gasteiger partial charge is 0.459 e. The highest BCUT2D eigenvalue weighted by Crippen LogP contribution is 2.36. The molecule has 3 aliphatic rings. The second-order valence-corrected chi connectivity index (χ2v) is 7.95. The first-order chi connectivity index (χ1) is 12.2. The molecule has 136 valence electrons. The molecule has 4 rings (SSSR count). The van der Waals surface area contributed by atoms with Crippen LogP contribution in [0.15, 0.2) is 22.8 Å². The SMILES string of the molecule is O=C(c1ccco1)N1CCCC(C(=O)N2CCC3CCCCC3C2)C1. The minimum atomic E-state index is -0.0894. The van der Waals surface area contributed by atoms with E-state index < -0.39 is 0 Å². The Bertz CT molecular complexity index is 612. The number of hydrogen-bond donors (Lipinski definition) is 0. The normalized spacial score (nSPS) is 30.0. The summed E-state index contributed by atoms with van der Waals surface area (Å²) in [6.07, 6.45) is 9.78. The zero-order valence-corrected chi connectivity index (χ0v) is 14.9. The Labute approximate surface area is 149 Å². The van der Waals surface area contributed by atoms with E-state index in [4.69, 9.17) is 4.42 Å². The maximum Gasteiger partial charge on any atom is 0.289 e. The molecule has 2 amide bonds. The van der Waals surface area contributed by atoms with Crippen molar-refractivity contribution in [2.24, 2.45) is 17.8 Å². The molecule has 0 radical (unpaired) electrons. The number of carbonyl (C=O) groups is 2. The lowest BCUT2D eigenvalue weighted by molar-refractivity contribution is -0.140. The van der Waals surface area contributed by atoms with Crippen molar-refractivity contribution in [3.05, 3.63) is 24.2 Å². The van der Waals surface area contributed by atoms with Crippen LogP contribution in [0.1, 0.15) is 55.5 Å². The number of nitrogens with zero attached hydrogens (tertiary/aromatic N) is 2. The molecule has 25 heavy (non-hydrogen) atoms. The molecule has 1 saturated carbocycles. The van der Waals surface area contributed by atoms with Gasteiger partial charge in [0.2, 0.25) is 5.91 Å². The molecule has 2 aliphatic heterocycles. The fourth-order valence-electron chi connectivity index (χ4n) is 4.98. The molecule has 3 fully saturated rings. The molecular formula is C20H28N2O3. The van der Waals surface area contributed by atoms with Gasteiger partial charge in [-0.1, -0.05) is 19.3 Å². The molecule has 0 bridgehead atoms. The van der Waals surface area contributed by atoms with Gasteiger partial charge < -0.3 is 14.2 Å². The summed E-state index contributed by atoms with van der Waals surface area (Å²) in [5.41, 5.74) is 0. The van der Waals surface area contributed by atoms with E-state index in [1.165, 1.54) is 31.9 Å². The average molecular weight is 344 g/mol. The van der Waals surface area contributed by atoms with Gasteiger partial charge in [-0.3, -0.25) is 9.59 Å². The van der Waals surface area contributed by atoms with Gasteiger partial charge in [-0.25, -0.2) is 0 Å². The Balaban J connectivity index is 1.37. The van der Waals surface area contributed by atoms with E-state index in [-0.39, 0.29) is 17.7 Å². The van der Waals surface area contributed by atoms with Crippen LogP contribution < -0.4 is 0 Å². The number of carbonyl (C=O) groups excluding carboxylic acids is 2. The minimum absolute atomic E-state index is 0.0483. The van der Waals surface area contributed by atoms with Crippen LogP contribution in [0.3, 0.4) is 0 Å². The van der Waals surface area contributed by atoms with Crippen LogP contribution in [-0.4, -0.2) is 47.8 Å². The van der Waals surface area contributed by atoms with E-state index in [0.717, 1.165) is 38.3 Å². The molecule has 5 heteroatoms. The first kappa shape index (κ1) is 16.7. The van der Waals surface area contributed by atoms with E-state index in [1.54, 1.807) is 17.0 Å². The van der Waals surface area contributed by atoms with Gasteiger partial charge in [0, 0.05) is 26.2 Å². The maximum absolute atomic E-state index is 13.0. The number of amides is 2. The summed E-state index contributed by atoms with van der Waals surface area (Å²) in [5.74, 6) is 2.04. The highest BCUT2D eigenvalue weighted by molar-refractivity contribution is 5.92. The summed E-state index contributed by atoms with van der Waals surface area (Å²) < 4.78 is 5.23. The number of fused-ring (bicyclic) bond motifs is 1.